The lowest BCUT2D eigenvalue weighted by molar-refractivity contribution is 0.0920. The number of nitrogens with zero attached hydrogens (tertiary/aromatic N) is 1. The van der Waals surface area contributed by atoms with Gasteiger partial charge >= 0.3 is 0 Å². The summed E-state index contributed by atoms with van der Waals surface area (Å²) in [4.78, 5) is 12.7. The van der Waals surface area contributed by atoms with Crippen molar-refractivity contribution in [1.29, 1.82) is 0 Å². The number of fused-ring (bicyclic) bond motifs is 4. The highest BCUT2D eigenvalue weighted by Crippen LogP contribution is 2.37. The molecule has 7 heteroatoms. The van der Waals surface area contributed by atoms with Crippen LogP contribution in [0.5, 0.6) is 11.5 Å². The van der Waals surface area contributed by atoms with E-state index in [4.69, 9.17) is 13.9 Å². The van der Waals surface area contributed by atoms with Gasteiger partial charge in [0.15, 0.2) is 17.3 Å². The molecular formula is C19H17N3O4. The molecule has 5 rings (SSSR count). The number of H-pyrrole nitrogens is 1. The third-order valence-electron chi connectivity index (χ3n) is 4.91. The number of aryl methyl sites for hydroxylation is 2. The molecule has 1 aliphatic carbocycles. The van der Waals surface area contributed by atoms with E-state index in [2.05, 4.69) is 15.5 Å². The number of furan rings is 1. The normalized spacial score (nSPS) is 14.0. The molecule has 2 aromatic heterocycles. The largest absolute Gasteiger partial charge is 0.455 e. The van der Waals surface area contributed by atoms with Crippen LogP contribution in [0.15, 0.2) is 28.8 Å². The Balaban J connectivity index is 1.37. The van der Waals surface area contributed by atoms with Crippen LogP contribution in [0.1, 0.15) is 33.0 Å². The van der Waals surface area contributed by atoms with E-state index >= 15 is 0 Å². The van der Waals surface area contributed by atoms with E-state index in [-0.39, 0.29) is 12.7 Å². The van der Waals surface area contributed by atoms with Crippen LogP contribution in [0.2, 0.25) is 0 Å². The second kappa shape index (κ2) is 5.66. The predicted octanol–water partition coefficient (Wildman–Crippen LogP) is 2.74. The van der Waals surface area contributed by atoms with E-state index in [1.165, 1.54) is 0 Å². The molecule has 3 heterocycles. The highest BCUT2D eigenvalue weighted by atomic mass is 16.7. The molecule has 3 aromatic rings. The first kappa shape index (κ1) is 15.1. The molecule has 132 valence electrons. The van der Waals surface area contributed by atoms with Crippen molar-refractivity contribution < 1.29 is 18.7 Å². The van der Waals surface area contributed by atoms with E-state index in [0.717, 1.165) is 52.3 Å². The van der Waals surface area contributed by atoms with Gasteiger partial charge in [0.05, 0.1) is 11.9 Å². The Bertz CT molecular complexity index is 1020. The number of benzene rings is 1. The van der Waals surface area contributed by atoms with Crippen LogP contribution < -0.4 is 14.8 Å². The van der Waals surface area contributed by atoms with Gasteiger partial charge in [-0.2, -0.15) is 5.10 Å². The van der Waals surface area contributed by atoms with Crippen LogP contribution in [0.3, 0.4) is 0 Å². The van der Waals surface area contributed by atoms with E-state index in [1.807, 2.05) is 31.3 Å². The molecule has 26 heavy (non-hydrogen) atoms. The Hall–Kier alpha value is -3.22. The summed E-state index contributed by atoms with van der Waals surface area (Å²) < 4.78 is 16.6. The van der Waals surface area contributed by atoms with Crippen LogP contribution in [-0.4, -0.2) is 22.9 Å². The van der Waals surface area contributed by atoms with Gasteiger partial charge in [0, 0.05) is 24.1 Å². The Kier molecular flexibility index (Phi) is 3.28. The Morgan fingerprint density at radius 1 is 1.27 bits per heavy atom. The van der Waals surface area contributed by atoms with Gasteiger partial charge in [-0.1, -0.05) is 6.07 Å². The minimum absolute atomic E-state index is 0.226. The van der Waals surface area contributed by atoms with Crippen molar-refractivity contribution in [1.82, 2.24) is 15.5 Å². The summed E-state index contributed by atoms with van der Waals surface area (Å²) in [5.74, 6) is 2.40. The average Bonchev–Trinajstić information content (AvgIpc) is 3.37. The molecular weight excluding hydrogens is 334 g/mol. The quantitative estimate of drug-likeness (QED) is 0.757. The fourth-order valence-electron chi connectivity index (χ4n) is 3.57. The van der Waals surface area contributed by atoms with Crippen molar-refractivity contribution in [2.75, 3.05) is 6.79 Å². The van der Waals surface area contributed by atoms with Crippen molar-refractivity contribution >= 4 is 5.91 Å². The maximum Gasteiger partial charge on any atom is 0.287 e. The minimum Gasteiger partial charge on any atom is -0.455 e. The molecule has 1 aromatic carbocycles. The number of aromatic nitrogens is 2. The maximum absolute atomic E-state index is 12.7. The van der Waals surface area contributed by atoms with Crippen molar-refractivity contribution in [3.05, 3.63) is 52.6 Å². The zero-order valence-electron chi connectivity index (χ0n) is 14.2. The molecule has 0 unspecified atom stereocenters. The van der Waals surface area contributed by atoms with Gasteiger partial charge in [-0.05, 0) is 36.6 Å². The van der Waals surface area contributed by atoms with E-state index < -0.39 is 0 Å². The minimum atomic E-state index is -0.226. The standard InChI is InChI=1S/C19H17N3O4/c1-10-16-14(5-3-12-8-21-22-17(12)16)26-18(10)19(23)20-7-11-2-4-13-15(6-11)25-9-24-13/h2,4,6,8H,3,5,7,9H2,1H3,(H,20,23)(H,21,22). The molecule has 0 saturated carbocycles. The number of carbonyl (C=O) groups excluding carboxylic acids is 1. The van der Waals surface area contributed by atoms with Gasteiger partial charge < -0.3 is 19.2 Å². The van der Waals surface area contributed by atoms with Crippen molar-refractivity contribution in [2.24, 2.45) is 0 Å². The number of ether oxygens (including phenoxy) is 2. The molecule has 2 N–H and O–H groups in total. The predicted molar refractivity (Wildman–Crippen MR) is 92.2 cm³/mol. The fraction of sp³-hybridized carbons (Fsp3) is 0.263. The monoisotopic (exact) mass is 351 g/mol. The highest BCUT2D eigenvalue weighted by molar-refractivity contribution is 5.95. The topological polar surface area (TPSA) is 89.4 Å². The van der Waals surface area contributed by atoms with Crippen LogP contribution in [0.4, 0.5) is 0 Å². The van der Waals surface area contributed by atoms with Gasteiger partial charge in [-0.15, -0.1) is 0 Å². The zero-order chi connectivity index (χ0) is 17.7. The third kappa shape index (κ3) is 2.28. The van der Waals surface area contributed by atoms with Crippen LogP contribution in [-0.2, 0) is 19.4 Å². The summed E-state index contributed by atoms with van der Waals surface area (Å²) in [5.41, 5.74) is 4.87. The van der Waals surface area contributed by atoms with Crippen molar-refractivity contribution in [2.45, 2.75) is 26.3 Å². The van der Waals surface area contributed by atoms with E-state index in [9.17, 15) is 4.79 Å². The summed E-state index contributed by atoms with van der Waals surface area (Å²) >= 11 is 0. The number of amides is 1. The first-order valence-corrected chi connectivity index (χ1v) is 8.52. The second-order valence-electron chi connectivity index (χ2n) is 6.49. The molecule has 0 atom stereocenters. The summed E-state index contributed by atoms with van der Waals surface area (Å²) in [6, 6.07) is 5.63. The molecule has 0 saturated heterocycles. The number of hydrogen-bond acceptors (Lipinski definition) is 5. The Morgan fingerprint density at radius 2 is 2.15 bits per heavy atom. The number of nitrogens with one attached hydrogen (secondary N) is 2. The van der Waals surface area contributed by atoms with Gasteiger partial charge in [0.2, 0.25) is 6.79 Å². The third-order valence-corrected chi connectivity index (χ3v) is 4.91. The van der Waals surface area contributed by atoms with Crippen LogP contribution in [0.25, 0.3) is 11.3 Å². The molecule has 0 fully saturated rings. The molecule has 0 radical (unpaired) electrons. The lowest BCUT2D eigenvalue weighted by atomic mass is 9.93. The number of hydrogen-bond donors (Lipinski definition) is 2. The lowest BCUT2D eigenvalue weighted by Crippen LogP contribution is -2.23. The molecule has 1 amide bonds. The number of aromatic amines is 1. The van der Waals surface area contributed by atoms with Crippen molar-refractivity contribution in [3.8, 4) is 22.8 Å². The smallest absolute Gasteiger partial charge is 0.287 e. The molecule has 0 bridgehead atoms. The summed E-state index contributed by atoms with van der Waals surface area (Å²) in [7, 11) is 0. The van der Waals surface area contributed by atoms with E-state index in [1.54, 1.807) is 0 Å². The van der Waals surface area contributed by atoms with Gasteiger partial charge in [0.25, 0.3) is 5.91 Å². The van der Waals surface area contributed by atoms with Crippen molar-refractivity contribution in [3.63, 3.8) is 0 Å². The number of rotatable bonds is 3. The molecule has 2 aliphatic rings. The Labute approximate surface area is 149 Å². The average molecular weight is 351 g/mol. The lowest BCUT2D eigenvalue weighted by Gasteiger charge is -2.09. The van der Waals surface area contributed by atoms with Crippen LogP contribution >= 0.6 is 0 Å². The summed E-state index contributed by atoms with van der Waals surface area (Å²) in [6.45, 7) is 2.53. The fourth-order valence-corrected chi connectivity index (χ4v) is 3.57. The zero-order valence-corrected chi connectivity index (χ0v) is 14.2. The van der Waals surface area contributed by atoms with Gasteiger partial charge in [-0.3, -0.25) is 9.89 Å². The van der Waals surface area contributed by atoms with Gasteiger partial charge in [-0.25, -0.2) is 0 Å². The molecule has 1 aliphatic heterocycles. The Morgan fingerprint density at radius 3 is 3.08 bits per heavy atom. The SMILES string of the molecule is Cc1c(C(=O)NCc2ccc3c(c2)OCO3)oc2c1-c1[nH]ncc1CC2. The molecule has 0 spiro atoms. The van der Waals surface area contributed by atoms with E-state index in [0.29, 0.717) is 18.1 Å². The molecule has 7 nitrogen and oxygen atoms in total. The second-order valence-corrected chi connectivity index (χ2v) is 6.49. The highest BCUT2D eigenvalue weighted by Gasteiger charge is 2.28. The first-order valence-electron chi connectivity index (χ1n) is 8.52. The summed E-state index contributed by atoms with van der Waals surface area (Å²) in [6.07, 6.45) is 3.48. The summed E-state index contributed by atoms with van der Waals surface area (Å²) in [5, 5.41) is 10.1. The first-order chi connectivity index (χ1) is 12.7. The van der Waals surface area contributed by atoms with Crippen LogP contribution in [0, 0.1) is 6.92 Å². The number of carbonyl (C=O) groups is 1. The maximum atomic E-state index is 12.7. The van der Waals surface area contributed by atoms with Gasteiger partial charge in [0.1, 0.15) is 5.76 Å².